The van der Waals surface area contributed by atoms with E-state index in [4.69, 9.17) is 5.73 Å². The molecule has 0 aliphatic heterocycles. The minimum absolute atomic E-state index is 0.116. The zero-order chi connectivity index (χ0) is 12.2. The van der Waals surface area contributed by atoms with Gasteiger partial charge >= 0.3 is 0 Å². The highest BCUT2D eigenvalue weighted by atomic mass is 16.3. The average Bonchev–Trinajstić information content (AvgIpc) is 2.25. The van der Waals surface area contributed by atoms with E-state index < -0.39 is 0 Å². The van der Waals surface area contributed by atoms with Crippen LogP contribution in [0.1, 0.15) is 31.4 Å². The smallest absolute Gasteiger partial charge is 0.0540 e. The first-order valence-corrected chi connectivity index (χ1v) is 5.92. The van der Waals surface area contributed by atoms with Crippen molar-refractivity contribution in [3.05, 3.63) is 35.4 Å². The third kappa shape index (κ3) is 2.83. The first kappa shape index (κ1) is 13.2. The molecule has 16 heavy (non-hydrogen) atoms. The van der Waals surface area contributed by atoms with E-state index in [1.807, 2.05) is 6.07 Å². The number of aryl methyl sites for hydroxylation is 1. The fraction of sp³-hybridized carbons (Fsp3) is 0.571. The molecule has 0 amide bonds. The Morgan fingerprint density at radius 1 is 1.38 bits per heavy atom. The Labute approximate surface area is 98.5 Å². The topological polar surface area (TPSA) is 46.2 Å². The summed E-state index contributed by atoms with van der Waals surface area (Å²) in [7, 11) is 0. The van der Waals surface area contributed by atoms with E-state index in [0.29, 0.717) is 12.5 Å². The highest BCUT2D eigenvalue weighted by Gasteiger charge is 2.30. The number of aliphatic hydroxyl groups is 1. The molecule has 0 heterocycles. The summed E-state index contributed by atoms with van der Waals surface area (Å²) in [6.07, 6.45) is 0.920. The Kier molecular flexibility index (Phi) is 4.51. The third-order valence-corrected chi connectivity index (χ3v) is 3.12. The van der Waals surface area contributed by atoms with Crippen LogP contribution in [0.5, 0.6) is 0 Å². The van der Waals surface area contributed by atoms with E-state index >= 15 is 0 Å². The van der Waals surface area contributed by atoms with E-state index in [-0.39, 0.29) is 12.0 Å². The van der Waals surface area contributed by atoms with Crippen molar-refractivity contribution in [1.82, 2.24) is 0 Å². The molecule has 1 unspecified atom stereocenters. The van der Waals surface area contributed by atoms with Crippen molar-refractivity contribution in [1.29, 1.82) is 0 Å². The Morgan fingerprint density at radius 3 is 2.50 bits per heavy atom. The third-order valence-electron chi connectivity index (χ3n) is 3.12. The molecule has 0 bridgehead atoms. The van der Waals surface area contributed by atoms with Crippen LogP contribution in [0, 0.1) is 12.8 Å². The zero-order valence-electron chi connectivity index (χ0n) is 10.5. The number of nitrogens with two attached hydrogens (primary N) is 1. The van der Waals surface area contributed by atoms with Gasteiger partial charge in [-0.15, -0.1) is 0 Å². The van der Waals surface area contributed by atoms with Crippen molar-refractivity contribution < 1.29 is 5.11 Å². The summed E-state index contributed by atoms with van der Waals surface area (Å²) in [5, 5.41) is 9.69. The van der Waals surface area contributed by atoms with Crippen LogP contribution in [0.15, 0.2) is 24.3 Å². The van der Waals surface area contributed by atoms with Crippen molar-refractivity contribution in [3.63, 3.8) is 0 Å². The number of aliphatic hydroxyl groups excluding tert-OH is 1. The fourth-order valence-corrected chi connectivity index (χ4v) is 2.30. The number of benzene rings is 1. The number of hydrogen-bond donors (Lipinski definition) is 2. The Hall–Kier alpha value is -0.860. The molecule has 1 aromatic carbocycles. The van der Waals surface area contributed by atoms with Crippen molar-refractivity contribution in [2.75, 3.05) is 13.2 Å². The minimum Gasteiger partial charge on any atom is -0.395 e. The van der Waals surface area contributed by atoms with Gasteiger partial charge in [0.25, 0.3) is 0 Å². The number of hydrogen-bond acceptors (Lipinski definition) is 2. The molecule has 1 aromatic rings. The van der Waals surface area contributed by atoms with Crippen molar-refractivity contribution in [2.45, 2.75) is 32.6 Å². The lowest BCUT2D eigenvalue weighted by molar-refractivity contribution is 0.174. The van der Waals surface area contributed by atoms with Crippen molar-refractivity contribution >= 4 is 0 Å². The summed E-state index contributed by atoms with van der Waals surface area (Å²) < 4.78 is 0. The van der Waals surface area contributed by atoms with Crippen LogP contribution >= 0.6 is 0 Å². The number of rotatable bonds is 5. The molecule has 1 atom stereocenters. The van der Waals surface area contributed by atoms with Gasteiger partial charge in [0.15, 0.2) is 0 Å². The molecule has 0 fully saturated rings. The van der Waals surface area contributed by atoms with Gasteiger partial charge in [-0.05, 0) is 24.8 Å². The van der Waals surface area contributed by atoms with E-state index in [9.17, 15) is 5.11 Å². The molecular formula is C14H23NO. The van der Waals surface area contributed by atoms with E-state index in [0.717, 1.165) is 12.0 Å². The molecule has 3 N–H and O–H groups in total. The van der Waals surface area contributed by atoms with Crippen LogP contribution in [-0.4, -0.2) is 18.3 Å². The first-order chi connectivity index (χ1) is 7.54. The lowest BCUT2D eigenvalue weighted by Gasteiger charge is -2.33. The molecule has 0 spiro atoms. The predicted octanol–water partition coefficient (Wildman–Crippen LogP) is 2.23. The van der Waals surface area contributed by atoms with Crippen LogP contribution in [-0.2, 0) is 5.41 Å². The SMILES string of the molecule is Cc1cccc(C(CN)(CO)CC(C)C)c1. The fourth-order valence-electron chi connectivity index (χ4n) is 2.30. The summed E-state index contributed by atoms with van der Waals surface area (Å²) in [6, 6.07) is 8.30. The van der Waals surface area contributed by atoms with Crippen LogP contribution in [0.25, 0.3) is 0 Å². The quantitative estimate of drug-likeness (QED) is 0.801. The van der Waals surface area contributed by atoms with Crippen molar-refractivity contribution in [2.24, 2.45) is 11.7 Å². The maximum Gasteiger partial charge on any atom is 0.0540 e. The van der Waals surface area contributed by atoms with Gasteiger partial charge in [-0.3, -0.25) is 0 Å². The normalized spacial score (nSPS) is 15.1. The summed E-state index contributed by atoms with van der Waals surface area (Å²) >= 11 is 0. The van der Waals surface area contributed by atoms with Crippen molar-refractivity contribution in [3.8, 4) is 0 Å². The standard InChI is InChI=1S/C14H23NO/c1-11(2)8-14(9-15,10-16)13-6-4-5-12(3)7-13/h4-7,11,16H,8-10,15H2,1-3H3. The molecule has 0 aliphatic carbocycles. The summed E-state index contributed by atoms with van der Waals surface area (Å²) in [5.41, 5.74) is 7.98. The van der Waals surface area contributed by atoms with Crippen LogP contribution in [0.4, 0.5) is 0 Å². The largest absolute Gasteiger partial charge is 0.395 e. The molecule has 0 aliphatic rings. The predicted molar refractivity (Wildman–Crippen MR) is 68.5 cm³/mol. The average molecular weight is 221 g/mol. The van der Waals surface area contributed by atoms with Crippen LogP contribution in [0.3, 0.4) is 0 Å². The maximum atomic E-state index is 9.69. The second-order valence-corrected chi connectivity index (χ2v) is 5.11. The molecule has 2 heteroatoms. The molecule has 1 rings (SSSR count). The minimum atomic E-state index is -0.278. The maximum absolute atomic E-state index is 9.69. The molecule has 90 valence electrons. The zero-order valence-corrected chi connectivity index (χ0v) is 10.5. The molecule has 2 nitrogen and oxygen atoms in total. The van der Waals surface area contributed by atoms with Gasteiger partial charge in [0.1, 0.15) is 0 Å². The summed E-state index contributed by atoms with van der Waals surface area (Å²) in [6.45, 7) is 7.00. The van der Waals surface area contributed by atoms with Gasteiger partial charge in [0.2, 0.25) is 0 Å². The molecule has 0 saturated heterocycles. The lowest BCUT2D eigenvalue weighted by Crippen LogP contribution is -2.40. The van der Waals surface area contributed by atoms with Gasteiger partial charge in [-0.2, -0.15) is 0 Å². The highest BCUT2D eigenvalue weighted by molar-refractivity contribution is 5.30. The van der Waals surface area contributed by atoms with Gasteiger partial charge in [-0.25, -0.2) is 0 Å². The van der Waals surface area contributed by atoms with Crippen LogP contribution < -0.4 is 5.73 Å². The molecule has 0 saturated carbocycles. The van der Waals surface area contributed by atoms with Gasteiger partial charge < -0.3 is 10.8 Å². The summed E-state index contributed by atoms with van der Waals surface area (Å²) in [5.74, 6) is 0.524. The molecule has 0 aromatic heterocycles. The van der Waals surface area contributed by atoms with E-state index in [1.165, 1.54) is 5.56 Å². The monoisotopic (exact) mass is 221 g/mol. The molecular weight excluding hydrogens is 198 g/mol. The van der Waals surface area contributed by atoms with Gasteiger partial charge in [0, 0.05) is 12.0 Å². The van der Waals surface area contributed by atoms with Gasteiger partial charge in [-0.1, -0.05) is 43.7 Å². The lowest BCUT2D eigenvalue weighted by atomic mass is 9.74. The Bertz CT molecular complexity index is 329. The summed E-state index contributed by atoms with van der Waals surface area (Å²) in [4.78, 5) is 0. The van der Waals surface area contributed by atoms with Crippen LogP contribution in [0.2, 0.25) is 0 Å². The Balaban J connectivity index is 3.09. The van der Waals surface area contributed by atoms with E-state index in [2.05, 4.69) is 39.0 Å². The van der Waals surface area contributed by atoms with E-state index in [1.54, 1.807) is 0 Å². The molecule has 0 radical (unpaired) electrons. The van der Waals surface area contributed by atoms with Gasteiger partial charge in [0.05, 0.1) is 6.61 Å². The second-order valence-electron chi connectivity index (χ2n) is 5.11. The highest BCUT2D eigenvalue weighted by Crippen LogP contribution is 2.30. The Morgan fingerprint density at radius 2 is 2.06 bits per heavy atom. The second kappa shape index (κ2) is 5.46. The first-order valence-electron chi connectivity index (χ1n) is 5.92.